The van der Waals surface area contributed by atoms with Crippen LogP contribution in [0.15, 0.2) is 36.5 Å². The van der Waals surface area contributed by atoms with E-state index in [9.17, 15) is 23.1 Å². The molecule has 38 heavy (non-hydrogen) atoms. The first kappa shape index (κ1) is 27.6. The molecule has 1 aromatic heterocycles. The van der Waals surface area contributed by atoms with Crippen LogP contribution in [0.5, 0.6) is 5.75 Å². The Bertz CT molecular complexity index is 1290. The van der Waals surface area contributed by atoms with Crippen LogP contribution in [0.4, 0.5) is 23.2 Å². The van der Waals surface area contributed by atoms with Crippen LogP contribution in [0.3, 0.4) is 0 Å². The first-order chi connectivity index (χ1) is 18.1. The van der Waals surface area contributed by atoms with Crippen LogP contribution in [0.25, 0.3) is 10.9 Å². The first-order valence-electron chi connectivity index (χ1n) is 12.5. The summed E-state index contributed by atoms with van der Waals surface area (Å²) in [4.78, 5) is 18.7. The maximum Gasteiger partial charge on any atom is 0.309 e. The topological polar surface area (TPSA) is 74.7 Å². The molecule has 4 rings (SSSR count). The van der Waals surface area contributed by atoms with Gasteiger partial charge in [0.1, 0.15) is 23.4 Å². The van der Waals surface area contributed by atoms with Crippen LogP contribution >= 0.6 is 0 Å². The second kappa shape index (κ2) is 11.6. The molecule has 1 aliphatic rings. The number of ether oxygens (including phenoxy) is 1. The largest absolute Gasteiger partial charge is 0.497 e. The minimum absolute atomic E-state index is 0.0497. The van der Waals surface area contributed by atoms with E-state index in [2.05, 4.69) is 10.3 Å². The number of benzene rings is 2. The fraction of sp³-hybridized carbons (Fsp3) is 0.429. The van der Waals surface area contributed by atoms with E-state index >= 15 is 4.39 Å². The molecule has 0 unspecified atom stereocenters. The van der Waals surface area contributed by atoms with Crippen LogP contribution in [-0.4, -0.2) is 54.2 Å². The van der Waals surface area contributed by atoms with E-state index in [0.29, 0.717) is 72.4 Å². The maximum atomic E-state index is 15.7. The zero-order chi connectivity index (χ0) is 27.4. The van der Waals surface area contributed by atoms with Crippen LogP contribution in [-0.2, 0) is 4.79 Å². The number of aliphatic carboxylic acids is 1. The van der Waals surface area contributed by atoms with Crippen molar-refractivity contribution in [2.24, 2.45) is 5.41 Å². The standard InChI is InChI=1S/C28H31F4N3O3/c1-17-16-34-24-4-3-19(38-2)15-20(24)25(17)21(30)5-6-28(27(36)37)7-10-35(11-8-28)12-9-33-26-22(31)13-18(29)14-23(26)32/h3-4,13-16,21,33H,5-12H2,1-2H3,(H,36,37)/t21-/m1/s1. The summed E-state index contributed by atoms with van der Waals surface area (Å²) >= 11 is 0. The van der Waals surface area contributed by atoms with Gasteiger partial charge in [-0.05, 0) is 75.0 Å². The third kappa shape index (κ3) is 5.85. The number of rotatable bonds is 10. The number of methoxy groups -OCH3 is 1. The molecule has 0 spiro atoms. The van der Waals surface area contributed by atoms with E-state index < -0.39 is 40.7 Å². The van der Waals surface area contributed by atoms with Crippen molar-refractivity contribution >= 4 is 22.6 Å². The van der Waals surface area contributed by atoms with Crippen molar-refractivity contribution in [3.63, 3.8) is 0 Å². The van der Waals surface area contributed by atoms with Crippen LogP contribution in [0.1, 0.15) is 43.0 Å². The molecule has 1 saturated heterocycles. The number of fused-ring (bicyclic) bond motifs is 1. The highest BCUT2D eigenvalue weighted by molar-refractivity contribution is 5.85. The number of carboxylic acids is 1. The summed E-state index contributed by atoms with van der Waals surface area (Å²) in [5, 5.41) is 13.4. The number of hydrogen-bond acceptors (Lipinski definition) is 5. The molecule has 2 heterocycles. The molecule has 2 N–H and O–H groups in total. The van der Waals surface area contributed by atoms with Gasteiger partial charge in [-0.15, -0.1) is 0 Å². The fourth-order valence-corrected chi connectivity index (χ4v) is 5.21. The zero-order valence-electron chi connectivity index (χ0n) is 21.4. The fourth-order valence-electron chi connectivity index (χ4n) is 5.21. The molecule has 3 aromatic rings. The number of nitrogens with zero attached hydrogens (tertiary/aromatic N) is 2. The van der Waals surface area contributed by atoms with E-state index in [1.54, 1.807) is 31.3 Å². The summed E-state index contributed by atoms with van der Waals surface area (Å²) in [5.74, 6) is -3.37. The Morgan fingerprint density at radius 1 is 1.18 bits per heavy atom. The Labute approximate surface area is 218 Å². The molecule has 6 nitrogen and oxygen atoms in total. The Morgan fingerprint density at radius 3 is 2.50 bits per heavy atom. The zero-order valence-corrected chi connectivity index (χ0v) is 21.4. The van der Waals surface area contributed by atoms with Gasteiger partial charge in [0, 0.05) is 36.8 Å². The summed E-state index contributed by atoms with van der Waals surface area (Å²) in [6.07, 6.45) is 1.14. The molecule has 0 aliphatic carbocycles. The number of nitrogens with one attached hydrogen (secondary N) is 1. The number of aromatic nitrogens is 1. The average molecular weight is 534 g/mol. The molecule has 0 amide bonds. The SMILES string of the molecule is COc1ccc2ncc(C)c([C@H](F)CCC3(C(=O)O)CCN(CCNc4c(F)cc(F)cc4F)CC3)c2c1. The van der Waals surface area contributed by atoms with Gasteiger partial charge in [0.15, 0.2) is 11.6 Å². The maximum absolute atomic E-state index is 15.7. The highest BCUT2D eigenvalue weighted by atomic mass is 19.1. The quantitative estimate of drug-likeness (QED) is 0.310. The van der Waals surface area contributed by atoms with Crippen molar-refractivity contribution in [3.8, 4) is 5.75 Å². The minimum atomic E-state index is -1.37. The van der Waals surface area contributed by atoms with Crippen LogP contribution < -0.4 is 10.1 Å². The second-order valence-electron chi connectivity index (χ2n) is 9.84. The second-order valence-corrected chi connectivity index (χ2v) is 9.84. The highest BCUT2D eigenvalue weighted by Gasteiger charge is 2.41. The third-order valence-corrected chi connectivity index (χ3v) is 7.51. The summed E-state index contributed by atoms with van der Waals surface area (Å²) in [5.41, 5.74) is 0.382. The van der Waals surface area contributed by atoms with E-state index in [1.165, 1.54) is 7.11 Å². The third-order valence-electron chi connectivity index (χ3n) is 7.51. The number of likely N-dealkylation sites (tertiary alicyclic amines) is 1. The summed E-state index contributed by atoms with van der Waals surface area (Å²) in [7, 11) is 1.54. The van der Waals surface area contributed by atoms with Crippen LogP contribution in [0.2, 0.25) is 0 Å². The molecule has 204 valence electrons. The molecule has 0 saturated carbocycles. The van der Waals surface area contributed by atoms with Crippen molar-refractivity contribution in [1.29, 1.82) is 0 Å². The van der Waals surface area contributed by atoms with Crippen molar-refractivity contribution < 1.29 is 32.2 Å². The monoisotopic (exact) mass is 533 g/mol. The van der Waals surface area contributed by atoms with E-state index in [0.717, 1.165) is 0 Å². The first-order valence-corrected chi connectivity index (χ1v) is 12.5. The summed E-state index contributed by atoms with van der Waals surface area (Å²) in [6.45, 7) is 3.31. The molecular formula is C28H31F4N3O3. The van der Waals surface area contributed by atoms with Crippen molar-refractivity contribution in [1.82, 2.24) is 9.88 Å². The van der Waals surface area contributed by atoms with E-state index in [4.69, 9.17) is 4.74 Å². The Kier molecular flexibility index (Phi) is 8.40. The number of anilines is 1. The summed E-state index contributed by atoms with van der Waals surface area (Å²) in [6, 6.07) is 6.50. The number of piperidine rings is 1. The number of pyridine rings is 1. The van der Waals surface area contributed by atoms with Crippen LogP contribution in [0, 0.1) is 29.8 Å². The van der Waals surface area contributed by atoms with Gasteiger partial charge in [-0.3, -0.25) is 9.78 Å². The van der Waals surface area contributed by atoms with Crippen molar-refractivity contribution in [2.45, 2.75) is 38.8 Å². The van der Waals surface area contributed by atoms with Gasteiger partial charge in [0.2, 0.25) is 0 Å². The smallest absolute Gasteiger partial charge is 0.309 e. The number of hydrogen-bond donors (Lipinski definition) is 2. The minimum Gasteiger partial charge on any atom is -0.497 e. The number of alkyl halides is 1. The van der Waals surface area contributed by atoms with E-state index in [-0.39, 0.29) is 19.4 Å². The highest BCUT2D eigenvalue weighted by Crippen LogP contribution is 2.41. The lowest BCUT2D eigenvalue weighted by Gasteiger charge is -2.39. The molecule has 2 aromatic carbocycles. The van der Waals surface area contributed by atoms with Crippen molar-refractivity contribution in [3.05, 3.63) is 65.1 Å². The number of aryl methyl sites for hydroxylation is 1. The molecular weight excluding hydrogens is 502 g/mol. The van der Waals surface area contributed by atoms with Crippen molar-refractivity contribution in [2.75, 3.05) is 38.6 Å². The summed E-state index contributed by atoms with van der Waals surface area (Å²) < 4.78 is 61.7. The number of carboxylic acid groups (broad SMARTS) is 1. The van der Waals surface area contributed by atoms with Gasteiger partial charge in [0.25, 0.3) is 0 Å². The normalized spacial score (nSPS) is 16.4. The van der Waals surface area contributed by atoms with E-state index in [1.807, 2.05) is 4.90 Å². The van der Waals surface area contributed by atoms with Gasteiger partial charge in [-0.1, -0.05) is 0 Å². The molecule has 0 bridgehead atoms. The Hall–Kier alpha value is -3.40. The lowest BCUT2D eigenvalue weighted by Crippen LogP contribution is -2.45. The Morgan fingerprint density at radius 2 is 1.87 bits per heavy atom. The number of carbonyl (C=O) groups is 1. The lowest BCUT2D eigenvalue weighted by molar-refractivity contribution is -0.153. The molecule has 0 radical (unpaired) electrons. The van der Waals surface area contributed by atoms with Gasteiger partial charge in [-0.2, -0.15) is 0 Å². The predicted octanol–water partition coefficient (Wildman–Crippen LogP) is 6.04. The van der Waals surface area contributed by atoms with Gasteiger partial charge in [-0.25, -0.2) is 17.6 Å². The Balaban J connectivity index is 1.37. The molecule has 1 aliphatic heterocycles. The number of halogens is 4. The van der Waals surface area contributed by atoms with Gasteiger partial charge in [0.05, 0.1) is 18.0 Å². The molecule has 1 atom stereocenters. The van der Waals surface area contributed by atoms with Gasteiger partial charge < -0.3 is 20.1 Å². The predicted molar refractivity (Wildman–Crippen MR) is 137 cm³/mol. The molecule has 1 fully saturated rings. The van der Waals surface area contributed by atoms with Gasteiger partial charge >= 0.3 is 5.97 Å². The average Bonchev–Trinajstić information content (AvgIpc) is 2.89. The lowest BCUT2D eigenvalue weighted by atomic mass is 9.74. The molecule has 10 heteroatoms.